The van der Waals surface area contributed by atoms with Crippen molar-refractivity contribution < 1.29 is 19.4 Å². The number of benzene rings is 1. The van der Waals surface area contributed by atoms with Crippen LogP contribution in [0, 0.1) is 0 Å². The van der Waals surface area contributed by atoms with Gasteiger partial charge in [0.25, 0.3) is 0 Å². The van der Waals surface area contributed by atoms with Crippen molar-refractivity contribution in [3.8, 4) is 11.5 Å². The van der Waals surface area contributed by atoms with Gasteiger partial charge in [-0.15, -0.1) is 0 Å². The number of nitrogens with two attached hydrogens (primary N) is 1. The topological polar surface area (TPSA) is 81.8 Å². The fourth-order valence-electron chi connectivity index (χ4n) is 1.36. The van der Waals surface area contributed by atoms with Gasteiger partial charge in [0.1, 0.15) is 0 Å². The molecule has 0 aliphatic heterocycles. The van der Waals surface area contributed by atoms with Crippen LogP contribution in [-0.2, 0) is 4.79 Å². The van der Waals surface area contributed by atoms with E-state index in [0.717, 1.165) is 11.6 Å². The number of ether oxygens (including phenoxy) is 2. The standard InChI is InChI=1S/C12H15NO4/c1-16-10-5-3-8(7-11(10)17-2)9(13)4-6-12(14)15/h3-7,9H,13H2,1-2H3,(H,14,15)/b6-4+. The average molecular weight is 237 g/mol. The molecule has 5 heteroatoms. The number of rotatable bonds is 5. The Hall–Kier alpha value is -2.01. The van der Waals surface area contributed by atoms with Crippen LogP contribution in [0.1, 0.15) is 11.6 Å². The number of hydrogen-bond acceptors (Lipinski definition) is 4. The van der Waals surface area contributed by atoms with Gasteiger partial charge in [-0.1, -0.05) is 12.1 Å². The molecular weight excluding hydrogens is 222 g/mol. The maximum atomic E-state index is 10.4. The summed E-state index contributed by atoms with van der Waals surface area (Å²) in [6.07, 6.45) is 2.42. The van der Waals surface area contributed by atoms with Gasteiger partial charge in [0.15, 0.2) is 11.5 Å². The predicted octanol–water partition coefficient (Wildman–Crippen LogP) is 1.34. The number of methoxy groups -OCH3 is 2. The van der Waals surface area contributed by atoms with E-state index in [1.54, 1.807) is 25.3 Å². The first-order valence-electron chi connectivity index (χ1n) is 4.97. The molecule has 1 aromatic rings. The minimum atomic E-state index is -1.03. The van der Waals surface area contributed by atoms with Crippen LogP contribution >= 0.6 is 0 Å². The van der Waals surface area contributed by atoms with Crippen molar-refractivity contribution in [3.05, 3.63) is 35.9 Å². The Balaban J connectivity index is 2.95. The van der Waals surface area contributed by atoms with Gasteiger partial charge in [-0.25, -0.2) is 4.79 Å². The molecule has 0 radical (unpaired) electrons. The lowest BCUT2D eigenvalue weighted by Gasteiger charge is -2.12. The molecule has 0 amide bonds. The largest absolute Gasteiger partial charge is 0.493 e. The number of carboxylic acid groups (broad SMARTS) is 1. The molecule has 3 N–H and O–H groups in total. The Morgan fingerprint density at radius 3 is 2.53 bits per heavy atom. The summed E-state index contributed by atoms with van der Waals surface area (Å²) in [5.41, 5.74) is 6.56. The van der Waals surface area contributed by atoms with Crippen molar-refractivity contribution in [1.82, 2.24) is 0 Å². The summed E-state index contributed by atoms with van der Waals surface area (Å²) in [6.45, 7) is 0. The van der Waals surface area contributed by atoms with E-state index in [-0.39, 0.29) is 0 Å². The summed E-state index contributed by atoms with van der Waals surface area (Å²) >= 11 is 0. The van der Waals surface area contributed by atoms with Crippen molar-refractivity contribution in [3.63, 3.8) is 0 Å². The Kier molecular flexibility index (Phi) is 4.54. The van der Waals surface area contributed by atoms with E-state index in [1.165, 1.54) is 13.2 Å². The van der Waals surface area contributed by atoms with Gasteiger partial charge in [0.2, 0.25) is 0 Å². The van der Waals surface area contributed by atoms with Crippen LogP contribution in [0.5, 0.6) is 11.5 Å². The van der Waals surface area contributed by atoms with Gasteiger partial charge >= 0.3 is 5.97 Å². The second-order valence-corrected chi connectivity index (χ2v) is 3.34. The second kappa shape index (κ2) is 5.91. The fraction of sp³-hybridized carbons (Fsp3) is 0.250. The lowest BCUT2D eigenvalue weighted by Crippen LogP contribution is -2.08. The zero-order valence-corrected chi connectivity index (χ0v) is 9.71. The van der Waals surface area contributed by atoms with Gasteiger partial charge in [-0.3, -0.25) is 0 Å². The van der Waals surface area contributed by atoms with E-state index < -0.39 is 12.0 Å². The van der Waals surface area contributed by atoms with E-state index in [9.17, 15) is 4.79 Å². The van der Waals surface area contributed by atoms with Crippen LogP contribution in [0.3, 0.4) is 0 Å². The van der Waals surface area contributed by atoms with Crippen LogP contribution in [0.4, 0.5) is 0 Å². The number of hydrogen-bond donors (Lipinski definition) is 2. The van der Waals surface area contributed by atoms with E-state index >= 15 is 0 Å². The first kappa shape index (κ1) is 13.1. The molecule has 0 saturated heterocycles. The molecule has 0 aliphatic carbocycles. The zero-order chi connectivity index (χ0) is 12.8. The third-order valence-electron chi connectivity index (χ3n) is 2.24. The van der Waals surface area contributed by atoms with Crippen LogP contribution in [0.15, 0.2) is 30.4 Å². The molecule has 0 aromatic heterocycles. The Morgan fingerprint density at radius 2 is 2.00 bits per heavy atom. The van der Waals surface area contributed by atoms with E-state index in [0.29, 0.717) is 11.5 Å². The predicted molar refractivity (Wildman–Crippen MR) is 63.3 cm³/mol. The van der Waals surface area contributed by atoms with Gasteiger partial charge in [-0.05, 0) is 17.7 Å². The zero-order valence-electron chi connectivity index (χ0n) is 9.71. The van der Waals surface area contributed by atoms with Gasteiger partial charge in [-0.2, -0.15) is 0 Å². The normalized spacial score (nSPS) is 12.4. The molecule has 0 aliphatic rings. The molecule has 0 spiro atoms. The third-order valence-corrected chi connectivity index (χ3v) is 2.24. The summed E-state index contributed by atoms with van der Waals surface area (Å²) < 4.78 is 10.2. The van der Waals surface area contributed by atoms with E-state index in [1.807, 2.05) is 0 Å². The minimum Gasteiger partial charge on any atom is -0.493 e. The highest BCUT2D eigenvalue weighted by Crippen LogP contribution is 2.29. The SMILES string of the molecule is COc1ccc(C(N)/C=C/C(=O)O)cc1OC. The van der Waals surface area contributed by atoms with Gasteiger partial charge < -0.3 is 20.3 Å². The summed E-state index contributed by atoms with van der Waals surface area (Å²) in [7, 11) is 3.07. The van der Waals surface area contributed by atoms with Crippen LogP contribution < -0.4 is 15.2 Å². The van der Waals surface area contributed by atoms with Gasteiger partial charge in [0, 0.05) is 12.1 Å². The molecule has 0 saturated carbocycles. The molecule has 92 valence electrons. The smallest absolute Gasteiger partial charge is 0.328 e. The van der Waals surface area contributed by atoms with Gasteiger partial charge in [0.05, 0.1) is 14.2 Å². The molecule has 0 bridgehead atoms. The van der Waals surface area contributed by atoms with Crippen molar-refractivity contribution in [1.29, 1.82) is 0 Å². The average Bonchev–Trinajstić information content (AvgIpc) is 2.34. The third kappa shape index (κ3) is 3.49. The van der Waals surface area contributed by atoms with Crippen molar-refractivity contribution in [2.45, 2.75) is 6.04 Å². The second-order valence-electron chi connectivity index (χ2n) is 3.34. The lowest BCUT2D eigenvalue weighted by atomic mass is 10.1. The highest BCUT2D eigenvalue weighted by Gasteiger charge is 2.08. The quantitative estimate of drug-likeness (QED) is 0.755. The molecule has 1 rings (SSSR count). The number of carboxylic acids is 1. The highest BCUT2D eigenvalue weighted by atomic mass is 16.5. The van der Waals surface area contributed by atoms with Crippen molar-refractivity contribution in [2.24, 2.45) is 5.73 Å². The fourth-order valence-corrected chi connectivity index (χ4v) is 1.36. The molecule has 5 nitrogen and oxygen atoms in total. The van der Waals surface area contributed by atoms with Crippen molar-refractivity contribution in [2.75, 3.05) is 14.2 Å². The molecule has 0 fully saturated rings. The molecule has 1 aromatic carbocycles. The monoisotopic (exact) mass is 237 g/mol. The van der Waals surface area contributed by atoms with E-state index in [4.69, 9.17) is 20.3 Å². The molecular formula is C12H15NO4. The molecule has 1 unspecified atom stereocenters. The highest BCUT2D eigenvalue weighted by molar-refractivity contribution is 5.79. The molecule has 17 heavy (non-hydrogen) atoms. The Morgan fingerprint density at radius 1 is 1.35 bits per heavy atom. The van der Waals surface area contributed by atoms with Crippen LogP contribution in [-0.4, -0.2) is 25.3 Å². The minimum absolute atomic E-state index is 0.495. The summed E-state index contributed by atoms with van der Waals surface area (Å²) in [4.78, 5) is 10.4. The van der Waals surface area contributed by atoms with Crippen LogP contribution in [0.25, 0.3) is 0 Å². The molecule has 1 atom stereocenters. The van der Waals surface area contributed by atoms with E-state index in [2.05, 4.69) is 0 Å². The number of carbonyl (C=O) groups is 1. The Labute approximate surface area is 99.5 Å². The maximum absolute atomic E-state index is 10.4. The number of aliphatic carboxylic acids is 1. The first-order chi connectivity index (χ1) is 8.08. The lowest BCUT2D eigenvalue weighted by molar-refractivity contribution is -0.131. The summed E-state index contributed by atoms with van der Waals surface area (Å²) in [5.74, 6) is 0.135. The van der Waals surface area contributed by atoms with Crippen molar-refractivity contribution >= 4 is 5.97 Å². The molecule has 0 heterocycles. The Bertz CT molecular complexity index is 429. The summed E-state index contributed by atoms with van der Waals surface area (Å²) in [5, 5.41) is 8.51. The van der Waals surface area contributed by atoms with Crippen LogP contribution in [0.2, 0.25) is 0 Å². The summed E-state index contributed by atoms with van der Waals surface area (Å²) in [6, 6.07) is 4.71. The maximum Gasteiger partial charge on any atom is 0.328 e. The first-order valence-corrected chi connectivity index (χ1v) is 4.97.